The molecule has 0 saturated carbocycles. The number of halogens is 2. The van der Waals surface area contributed by atoms with Gasteiger partial charge in [0.2, 0.25) is 0 Å². The van der Waals surface area contributed by atoms with Gasteiger partial charge in [-0.1, -0.05) is 35.9 Å². The molecule has 0 bridgehead atoms. The molecule has 3 heterocycles. The summed E-state index contributed by atoms with van der Waals surface area (Å²) >= 11 is 6.23. The van der Waals surface area contributed by atoms with Crippen molar-refractivity contribution >= 4 is 29.2 Å². The summed E-state index contributed by atoms with van der Waals surface area (Å²) in [5.41, 5.74) is 0.195. The third kappa shape index (κ3) is 4.94. The number of amides is 2. The van der Waals surface area contributed by atoms with Crippen LogP contribution in [-0.2, 0) is 4.74 Å². The molecular formula is C26H21ClFN5O4. The van der Waals surface area contributed by atoms with Gasteiger partial charge in [-0.3, -0.25) is 14.6 Å². The number of rotatable bonds is 7. The summed E-state index contributed by atoms with van der Waals surface area (Å²) in [6.07, 6.45) is 1.52. The lowest BCUT2D eigenvalue weighted by molar-refractivity contribution is -0.0920. The van der Waals surface area contributed by atoms with Crippen LogP contribution in [0.25, 0.3) is 16.9 Å². The first-order valence-electron chi connectivity index (χ1n) is 11.3. The maximum atomic E-state index is 14.6. The van der Waals surface area contributed by atoms with Gasteiger partial charge in [-0.25, -0.2) is 9.07 Å². The minimum Gasteiger partial charge on any atom is -0.394 e. The summed E-state index contributed by atoms with van der Waals surface area (Å²) in [6.45, 7) is 0.0726. The molecule has 0 radical (unpaired) electrons. The number of aliphatic hydroxyl groups is 1. The highest BCUT2D eigenvalue weighted by molar-refractivity contribution is 6.34. The summed E-state index contributed by atoms with van der Waals surface area (Å²) in [6, 6.07) is 17.7. The summed E-state index contributed by atoms with van der Waals surface area (Å²) < 4.78 is 21.2. The second kappa shape index (κ2) is 10.1. The zero-order chi connectivity index (χ0) is 26.0. The Labute approximate surface area is 215 Å². The molecule has 1 saturated heterocycles. The Morgan fingerprint density at radius 3 is 2.49 bits per heavy atom. The molecule has 4 aromatic rings. The number of para-hydroxylation sites is 1. The van der Waals surface area contributed by atoms with Crippen molar-refractivity contribution in [2.75, 3.05) is 25.1 Å². The van der Waals surface area contributed by atoms with E-state index in [1.807, 2.05) is 6.07 Å². The van der Waals surface area contributed by atoms with Gasteiger partial charge in [0.1, 0.15) is 17.2 Å². The molecule has 5 rings (SSSR count). The lowest BCUT2D eigenvalue weighted by atomic mass is 9.99. The van der Waals surface area contributed by atoms with Crippen molar-refractivity contribution in [2.24, 2.45) is 0 Å². The van der Waals surface area contributed by atoms with Gasteiger partial charge in [0.15, 0.2) is 5.69 Å². The number of ether oxygens (including phenoxy) is 1. The Hall–Kier alpha value is -4.12. The van der Waals surface area contributed by atoms with Crippen molar-refractivity contribution in [3.63, 3.8) is 0 Å². The van der Waals surface area contributed by atoms with E-state index in [1.165, 1.54) is 23.0 Å². The molecule has 188 valence electrons. The van der Waals surface area contributed by atoms with E-state index in [9.17, 15) is 19.1 Å². The van der Waals surface area contributed by atoms with Crippen LogP contribution in [0.1, 0.15) is 20.8 Å². The smallest absolute Gasteiger partial charge is 0.272 e. The number of carbonyl (C=O) groups excluding carboxylic acids is 2. The quantitative estimate of drug-likeness (QED) is 0.343. The number of anilines is 1. The number of hydrogen-bond acceptors (Lipinski definition) is 6. The number of benzene rings is 2. The number of hydrogen-bond donors (Lipinski definition) is 3. The molecule has 9 nitrogen and oxygen atoms in total. The van der Waals surface area contributed by atoms with Crippen LogP contribution in [0.4, 0.5) is 10.2 Å². The van der Waals surface area contributed by atoms with Crippen molar-refractivity contribution in [3.05, 3.63) is 95.0 Å². The molecule has 0 atom stereocenters. The van der Waals surface area contributed by atoms with Crippen LogP contribution in [0.5, 0.6) is 0 Å². The van der Waals surface area contributed by atoms with Crippen LogP contribution >= 0.6 is 11.6 Å². The average Bonchev–Trinajstić information content (AvgIpc) is 3.31. The fourth-order valence-electron chi connectivity index (χ4n) is 3.83. The van der Waals surface area contributed by atoms with Crippen molar-refractivity contribution in [2.45, 2.75) is 5.54 Å². The zero-order valence-electron chi connectivity index (χ0n) is 19.3. The zero-order valence-corrected chi connectivity index (χ0v) is 20.1. The summed E-state index contributed by atoms with van der Waals surface area (Å²) in [4.78, 5) is 30.4. The number of nitrogens with one attached hydrogen (secondary N) is 2. The normalized spacial score (nSPS) is 14.0. The Morgan fingerprint density at radius 1 is 1.08 bits per heavy atom. The van der Waals surface area contributed by atoms with Gasteiger partial charge in [0.25, 0.3) is 11.8 Å². The van der Waals surface area contributed by atoms with Crippen LogP contribution in [0.15, 0.2) is 72.9 Å². The van der Waals surface area contributed by atoms with Gasteiger partial charge < -0.3 is 20.5 Å². The maximum absolute atomic E-state index is 14.6. The van der Waals surface area contributed by atoms with Crippen LogP contribution in [0.3, 0.4) is 0 Å². The third-order valence-corrected chi connectivity index (χ3v) is 6.18. The van der Waals surface area contributed by atoms with Gasteiger partial charge >= 0.3 is 0 Å². The van der Waals surface area contributed by atoms with E-state index in [-0.39, 0.29) is 47.5 Å². The fraction of sp³-hybridized carbons (Fsp3) is 0.154. The molecule has 1 fully saturated rings. The standard InChI is InChI=1S/C26H21ClFN5O4/c27-19-11-20(28)18(21-8-4-5-9-29-21)10-17(19)24(35)30-23-12-22(25(36)31-26(13-34)14-37-15-26)32-33(23)16-6-2-1-3-7-16/h1-12,34H,13-15H2,(H,30,35)(H,31,36). The predicted molar refractivity (Wildman–Crippen MR) is 134 cm³/mol. The average molecular weight is 522 g/mol. The minimum atomic E-state index is -0.874. The Balaban J connectivity index is 1.48. The molecular weight excluding hydrogens is 501 g/mol. The van der Waals surface area contributed by atoms with Gasteiger partial charge in [0.05, 0.1) is 41.8 Å². The Bertz CT molecular complexity index is 1450. The van der Waals surface area contributed by atoms with E-state index >= 15 is 0 Å². The Kier molecular flexibility index (Phi) is 6.70. The molecule has 1 aliphatic heterocycles. The number of aromatic nitrogens is 3. The topological polar surface area (TPSA) is 118 Å². The number of pyridine rings is 1. The van der Waals surface area contributed by atoms with E-state index in [4.69, 9.17) is 16.3 Å². The third-order valence-electron chi connectivity index (χ3n) is 5.86. The molecule has 2 aromatic heterocycles. The first-order chi connectivity index (χ1) is 17.9. The molecule has 37 heavy (non-hydrogen) atoms. The highest BCUT2D eigenvalue weighted by atomic mass is 35.5. The monoisotopic (exact) mass is 521 g/mol. The minimum absolute atomic E-state index is 0.0123. The molecule has 1 aliphatic rings. The van der Waals surface area contributed by atoms with E-state index in [0.717, 1.165) is 6.07 Å². The highest BCUT2D eigenvalue weighted by Crippen LogP contribution is 2.29. The van der Waals surface area contributed by atoms with Crippen molar-refractivity contribution < 1.29 is 23.8 Å². The summed E-state index contributed by atoms with van der Waals surface area (Å²) in [7, 11) is 0. The van der Waals surface area contributed by atoms with Gasteiger partial charge in [-0.2, -0.15) is 5.10 Å². The maximum Gasteiger partial charge on any atom is 0.272 e. The van der Waals surface area contributed by atoms with Crippen LogP contribution < -0.4 is 10.6 Å². The SMILES string of the molecule is O=C(NC1(CO)COC1)c1cc(NC(=O)c2cc(-c3ccccn3)c(F)cc2Cl)n(-c2ccccc2)n1. The molecule has 0 spiro atoms. The second-order valence-electron chi connectivity index (χ2n) is 8.53. The van der Waals surface area contributed by atoms with Gasteiger partial charge in [-0.15, -0.1) is 0 Å². The summed E-state index contributed by atoms with van der Waals surface area (Å²) in [5.74, 6) is -1.61. The number of aliphatic hydroxyl groups excluding tert-OH is 1. The lowest BCUT2D eigenvalue weighted by Gasteiger charge is -2.40. The lowest BCUT2D eigenvalue weighted by Crippen LogP contribution is -2.64. The van der Waals surface area contributed by atoms with E-state index < -0.39 is 23.2 Å². The number of nitrogens with zero attached hydrogens (tertiary/aromatic N) is 3. The first kappa shape index (κ1) is 24.6. The first-order valence-corrected chi connectivity index (χ1v) is 11.7. The molecule has 2 aromatic carbocycles. The highest BCUT2D eigenvalue weighted by Gasteiger charge is 2.40. The van der Waals surface area contributed by atoms with E-state index in [1.54, 1.807) is 42.5 Å². The molecule has 2 amide bonds. The molecule has 3 N–H and O–H groups in total. The van der Waals surface area contributed by atoms with Crippen molar-refractivity contribution in [3.8, 4) is 16.9 Å². The van der Waals surface area contributed by atoms with Gasteiger partial charge in [-0.05, 0) is 36.4 Å². The van der Waals surface area contributed by atoms with Crippen LogP contribution in [-0.4, -0.2) is 57.0 Å². The summed E-state index contributed by atoms with van der Waals surface area (Å²) in [5, 5.41) is 19.4. The van der Waals surface area contributed by atoms with E-state index in [2.05, 4.69) is 20.7 Å². The fourth-order valence-corrected chi connectivity index (χ4v) is 4.06. The number of carbonyl (C=O) groups is 2. The molecule has 0 aliphatic carbocycles. The van der Waals surface area contributed by atoms with E-state index in [0.29, 0.717) is 11.4 Å². The van der Waals surface area contributed by atoms with Crippen LogP contribution in [0.2, 0.25) is 5.02 Å². The van der Waals surface area contributed by atoms with Crippen molar-refractivity contribution in [1.82, 2.24) is 20.1 Å². The predicted octanol–water partition coefficient (Wildman–Crippen LogP) is 3.47. The largest absolute Gasteiger partial charge is 0.394 e. The molecule has 11 heteroatoms. The van der Waals surface area contributed by atoms with Crippen LogP contribution in [0, 0.1) is 5.82 Å². The molecule has 0 unspecified atom stereocenters. The van der Waals surface area contributed by atoms with Gasteiger partial charge in [0, 0.05) is 17.8 Å². The Morgan fingerprint density at radius 2 is 1.84 bits per heavy atom. The van der Waals surface area contributed by atoms with Crippen molar-refractivity contribution in [1.29, 1.82) is 0 Å². The second-order valence-corrected chi connectivity index (χ2v) is 8.94.